The van der Waals surface area contributed by atoms with Crippen molar-refractivity contribution in [3.05, 3.63) is 40.7 Å². The van der Waals surface area contributed by atoms with Gasteiger partial charge in [0.05, 0.1) is 17.2 Å². The Hall–Kier alpha value is -2.28. The van der Waals surface area contributed by atoms with Gasteiger partial charge in [-0.3, -0.25) is 14.2 Å². The van der Waals surface area contributed by atoms with Crippen molar-refractivity contribution >= 4 is 16.8 Å². The summed E-state index contributed by atoms with van der Waals surface area (Å²) < 4.78 is 14.5. The van der Waals surface area contributed by atoms with Gasteiger partial charge < -0.3 is 10.2 Å². The number of likely N-dealkylation sites (tertiary alicyclic amines) is 1. The largest absolute Gasteiger partial charge is 0.354 e. The van der Waals surface area contributed by atoms with Crippen molar-refractivity contribution in [2.24, 2.45) is 5.92 Å². The monoisotopic (exact) mass is 360 g/mol. The molecule has 0 bridgehead atoms. The predicted molar refractivity (Wildman–Crippen MR) is 98.4 cm³/mol. The quantitative estimate of drug-likeness (QED) is 0.798. The molecule has 6 nitrogen and oxygen atoms in total. The van der Waals surface area contributed by atoms with Gasteiger partial charge in [0, 0.05) is 6.54 Å². The molecule has 1 aliphatic rings. The Kier molecular flexibility index (Phi) is 5.98. The minimum Gasteiger partial charge on any atom is -0.354 e. The highest BCUT2D eigenvalue weighted by Gasteiger charge is 2.15. The highest BCUT2D eigenvalue weighted by Crippen LogP contribution is 2.15. The van der Waals surface area contributed by atoms with E-state index in [4.69, 9.17) is 0 Å². The molecule has 0 radical (unpaired) electrons. The van der Waals surface area contributed by atoms with E-state index in [2.05, 4.69) is 22.1 Å². The zero-order valence-electron chi connectivity index (χ0n) is 15.1. The molecular weight excluding hydrogens is 335 g/mol. The van der Waals surface area contributed by atoms with Gasteiger partial charge in [-0.2, -0.15) is 0 Å². The summed E-state index contributed by atoms with van der Waals surface area (Å²) in [7, 11) is 0. The number of benzene rings is 1. The minimum absolute atomic E-state index is 0.112. The molecule has 2 aromatic rings. The third kappa shape index (κ3) is 4.66. The highest BCUT2D eigenvalue weighted by molar-refractivity contribution is 5.78. The number of nitrogens with zero attached hydrogens (tertiary/aromatic N) is 3. The van der Waals surface area contributed by atoms with Crippen LogP contribution in [-0.4, -0.2) is 46.5 Å². The summed E-state index contributed by atoms with van der Waals surface area (Å²) in [4.78, 5) is 31.0. The van der Waals surface area contributed by atoms with Crippen LogP contribution in [0.2, 0.25) is 0 Å². The predicted octanol–water partition coefficient (Wildman–Crippen LogP) is 1.77. The summed E-state index contributed by atoms with van der Waals surface area (Å²) in [5.41, 5.74) is 0.0102. The summed E-state index contributed by atoms with van der Waals surface area (Å²) >= 11 is 0. The molecule has 26 heavy (non-hydrogen) atoms. The fourth-order valence-corrected chi connectivity index (χ4v) is 3.27. The molecule has 0 spiro atoms. The fraction of sp³-hybridized carbons (Fsp3) is 0.526. The Bertz CT molecular complexity index is 828. The van der Waals surface area contributed by atoms with Gasteiger partial charge in [-0.15, -0.1) is 0 Å². The molecule has 1 N–H and O–H groups in total. The van der Waals surface area contributed by atoms with Gasteiger partial charge in [-0.1, -0.05) is 6.92 Å². The lowest BCUT2D eigenvalue weighted by molar-refractivity contribution is -0.121. The fourth-order valence-electron chi connectivity index (χ4n) is 3.27. The highest BCUT2D eigenvalue weighted by atomic mass is 19.1. The van der Waals surface area contributed by atoms with Crippen LogP contribution in [0.1, 0.15) is 26.2 Å². The number of nitrogens with one attached hydrogen (secondary N) is 1. The molecule has 1 aliphatic heterocycles. The molecule has 1 aromatic carbocycles. The first-order valence-electron chi connectivity index (χ1n) is 9.16. The second kappa shape index (κ2) is 8.40. The van der Waals surface area contributed by atoms with Crippen LogP contribution in [0.3, 0.4) is 0 Å². The van der Waals surface area contributed by atoms with E-state index in [1.807, 2.05) is 0 Å². The number of fused-ring (bicyclic) bond motifs is 1. The molecule has 1 fully saturated rings. The van der Waals surface area contributed by atoms with E-state index in [-0.39, 0.29) is 17.8 Å². The average Bonchev–Trinajstić information content (AvgIpc) is 2.63. The molecule has 0 saturated carbocycles. The molecule has 0 unspecified atom stereocenters. The van der Waals surface area contributed by atoms with Crippen LogP contribution in [-0.2, 0) is 11.3 Å². The number of amides is 1. The van der Waals surface area contributed by atoms with Crippen molar-refractivity contribution in [2.45, 2.75) is 32.7 Å². The van der Waals surface area contributed by atoms with E-state index < -0.39 is 11.4 Å². The first kappa shape index (κ1) is 18.5. The number of aromatic nitrogens is 2. The van der Waals surface area contributed by atoms with E-state index >= 15 is 0 Å². The Morgan fingerprint density at radius 1 is 1.35 bits per heavy atom. The van der Waals surface area contributed by atoms with Crippen molar-refractivity contribution in [1.82, 2.24) is 19.8 Å². The van der Waals surface area contributed by atoms with Crippen LogP contribution in [0.4, 0.5) is 4.39 Å². The normalized spacial score (nSPS) is 16.1. The van der Waals surface area contributed by atoms with Crippen LogP contribution in [0.15, 0.2) is 29.3 Å². The van der Waals surface area contributed by atoms with Crippen LogP contribution >= 0.6 is 0 Å². The second-order valence-corrected chi connectivity index (χ2v) is 7.07. The van der Waals surface area contributed by atoms with Crippen LogP contribution in [0.5, 0.6) is 0 Å². The van der Waals surface area contributed by atoms with Gasteiger partial charge >= 0.3 is 0 Å². The van der Waals surface area contributed by atoms with E-state index in [1.165, 1.54) is 35.9 Å². The zero-order chi connectivity index (χ0) is 18.5. The van der Waals surface area contributed by atoms with Gasteiger partial charge in [-0.05, 0) is 63.0 Å². The Morgan fingerprint density at radius 2 is 2.12 bits per heavy atom. The van der Waals surface area contributed by atoms with Gasteiger partial charge in [0.25, 0.3) is 5.56 Å². The molecule has 1 saturated heterocycles. The number of halogens is 1. The van der Waals surface area contributed by atoms with Crippen LogP contribution in [0.25, 0.3) is 10.9 Å². The number of hydrogen-bond donors (Lipinski definition) is 1. The van der Waals surface area contributed by atoms with Gasteiger partial charge in [0.2, 0.25) is 5.91 Å². The smallest absolute Gasteiger partial charge is 0.261 e. The molecule has 2 heterocycles. The molecular formula is C19H25FN4O2. The van der Waals surface area contributed by atoms with Gasteiger partial charge in [-0.25, -0.2) is 9.37 Å². The summed E-state index contributed by atoms with van der Waals surface area (Å²) in [5.74, 6) is 0.0796. The lowest BCUT2D eigenvalue weighted by Crippen LogP contribution is -2.36. The summed E-state index contributed by atoms with van der Waals surface area (Å²) in [5, 5.41) is 3.02. The average molecular weight is 360 g/mol. The maximum absolute atomic E-state index is 13.3. The van der Waals surface area contributed by atoms with Gasteiger partial charge in [0.1, 0.15) is 12.4 Å². The van der Waals surface area contributed by atoms with Crippen LogP contribution < -0.4 is 10.9 Å². The Morgan fingerprint density at radius 3 is 2.88 bits per heavy atom. The van der Waals surface area contributed by atoms with Crippen molar-refractivity contribution in [3.63, 3.8) is 0 Å². The number of carbonyl (C=O) groups excluding carboxylic acids is 1. The number of rotatable bonds is 6. The van der Waals surface area contributed by atoms with Crippen molar-refractivity contribution < 1.29 is 9.18 Å². The van der Waals surface area contributed by atoms with E-state index in [0.29, 0.717) is 12.1 Å². The summed E-state index contributed by atoms with van der Waals surface area (Å²) in [6, 6.07) is 3.87. The lowest BCUT2D eigenvalue weighted by atomic mass is 9.99. The standard InChI is InChI=1S/C19H25FN4O2/c1-14-5-9-23(10-6-14)8-2-7-21-18(25)12-24-13-22-17-4-3-15(20)11-16(17)19(24)26/h3-4,11,13-14H,2,5-10,12H2,1H3,(H,21,25). The third-order valence-electron chi connectivity index (χ3n) is 4.95. The van der Waals surface area contributed by atoms with Crippen molar-refractivity contribution in [2.75, 3.05) is 26.2 Å². The molecule has 0 atom stereocenters. The van der Waals surface area contributed by atoms with E-state index in [9.17, 15) is 14.0 Å². The zero-order valence-corrected chi connectivity index (χ0v) is 15.1. The summed E-state index contributed by atoms with van der Waals surface area (Å²) in [6.45, 7) is 5.99. The first-order chi connectivity index (χ1) is 12.5. The number of piperidine rings is 1. The number of hydrogen-bond acceptors (Lipinski definition) is 4. The SMILES string of the molecule is CC1CCN(CCCNC(=O)Cn2cnc3ccc(F)cc3c2=O)CC1. The summed E-state index contributed by atoms with van der Waals surface area (Å²) in [6.07, 6.45) is 4.70. The van der Waals surface area contributed by atoms with Crippen molar-refractivity contribution in [3.8, 4) is 0 Å². The minimum atomic E-state index is -0.495. The Balaban J connectivity index is 1.48. The molecule has 1 amide bonds. The molecule has 7 heteroatoms. The van der Waals surface area contributed by atoms with E-state index in [0.717, 1.165) is 38.0 Å². The number of carbonyl (C=O) groups is 1. The van der Waals surface area contributed by atoms with Gasteiger partial charge in [0.15, 0.2) is 0 Å². The molecule has 0 aliphatic carbocycles. The lowest BCUT2D eigenvalue weighted by Gasteiger charge is -2.30. The van der Waals surface area contributed by atoms with Crippen molar-refractivity contribution in [1.29, 1.82) is 0 Å². The topological polar surface area (TPSA) is 67.2 Å². The maximum atomic E-state index is 13.3. The third-order valence-corrected chi connectivity index (χ3v) is 4.95. The Labute approximate surface area is 152 Å². The maximum Gasteiger partial charge on any atom is 0.261 e. The van der Waals surface area contributed by atoms with Crippen LogP contribution in [0, 0.1) is 11.7 Å². The second-order valence-electron chi connectivity index (χ2n) is 7.07. The molecule has 140 valence electrons. The first-order valence-corrected chi connectivity index (χ1v) is 9.16. The molecule has 1 aromatic heterocycles. The van der Waals surface area contributed by atoms with E-state index in [1.54, 1.807) is 0 Å². The molecule has 3 rings (SSSR count).